The summed E-state index contributed by atoms with van der Waals surface area (Å²) in [5.74, 6) is 1.60. The van der Waals surface area contributed by atoms with E-state index in [9.17, 15) is 0 Å². The van der Waals surface area contributed by atoms with Crippen molar-refractivity contribution in [1.29, 1.82) is 0 Å². The minimum absolute atomic E-state index is 0.535. The molecule has 2 aliphatic rings. The second kappa shape index (κ2) is 3.81. The third kappa shape index (κ3) is 1.68. The number of rotatable bonds is 1. The van der Waals surface area contributed by atoms with Gasteiger partial charge in [0.2, 0.25) is 0 Å². The molecule has 1 spiro atoms. The van der Waals surface area contributed by atoms with E-state index in [-0.39, 0.29) is 0 Å². The van der Waals surface area contributed by atoms with Gasteiger partial charge in [0.1, 0.15) is 0 Å². The van der Waals surface area contributed by atoms with Crippen LogP contribution in [-0.4, -0.2) is 0 Å². The lowest BCUT2D eigenvalue weighted by Gasteiger charge is -2.41. The van der Waals surface area contributed by atoms with Crippen molar-refractivity contribution in [3.8, 4) is 0 Å². The molecule has 0 aromatic carbocycles. The van der Waals surface area contributed by atoms with Gasteiger partial charge < -0.3 is 0 Å². The van der Waals surface area contributed by atoms with Gasteiger partial charge in [0.15, 0.2) is 0 Å². The molecule has 0 aromatic rings. The van der Waals surface area contributed by atoms with Gasteiger partial charge >= 0.3 is 0 Å². The lowest BCUT2D eigenvalue weighted by molar-refractivity contribution is 0.210. The molecule has 0 amide bonds. The lowest BCUT2D eigenvalue weighted by Crippen LogP contribution is -2.30. The molecule has 0 aromatic heterocycles. The minimum Gasteiger partial charge on any atom is -0.0847 e. The number of allylic oxidation sites excluding steroid dienone is 4. The number of hydrogen-bond acceptors (Lipinski definition) is 0. The first-order valence-corrected chi connectivity index (χ1v) is 6.42. The standard InChI is InChI=1S/C15H24/c1-11(2)14-6-5-13(4)15(14)9-7-12(3)8-10-15/h6-7,11,13H,5,8-10H2,1-4H3/t13-,15+/m0/s1. The smallest absolute Gasteiger partial charge is 0.00194 e. The lowest BCUT2D eigenvalue weighted by atomic mass is 9.64. The highest BCUT2D eigenvalue weighted by molar-refractivity contribution is 5.28. The highest BCUT2D eigenvalue weighted by Gasteiger charge is 2.43. The van der Waals surface area contributed by atoms with E-state index in [0.29, 0.717) is 5.41 Å². The van der Waals surface area contributed by atoms with Crippen molar-refractivity contribution in [2.45, 2.75) is 53.4 Å². The molecule has 0 nitrogen and oxygen atoms in total. The maximum atomic E-state index is 2.53. The SMILES string of the molecule is CC1=CC[C@]2(CC1)C(C(C)C)=CC[C@@H]2C. The zero-order valence-electron chi connectivity index (χ0n) is 10.6. The van der Waals surface area contributed by atoms with Crippen molar-refractivity contribution in [2.24, 2.45) is 17.3 Å². The molecule has 0 heterocycles. The highest BCUT2D eigenvalue weighted by atomic mass is 14.5. The van der Waals surface area contributed by atoms with Crippen LogP contribution in [0.5, 0.6) is 0 Å². The molecule has 0 aliphatic heterocycles. The number of hydrogen-bond donors (Lipinski definition) is 0. The van der Waals surface area contributed by atoms with E-state index in [4.69, 9.17) is 0 Å². The molecule has 0 N–H and O–H groups in total. The molecule has 15 heavy (non-hydrogen) atoms. The first-order valence-electron chi connectivity index (χ1n) is 6.42. The summed E-state index contributed by atoms with van der Waals surface area (Å²) in [5, 5.41) is 0. The third-order valence-corrected chi connectivity index (χ3v) is 4.61. The molecule has 2 aliphatic carbocycles. The van der Waals surface area contributed by atoms with E-state index in [1.165, 1.54) is 25.7 Å². The summed E-state index contributed by atoms with van der Waals surface area (Å²) < 4.78 is 0. The van der Waals surface area contributed by atoms with Gasteiger partial charge in [0, 0.05) is 0 Å². The quantitative estimate of drug-likeness (QED) is 0.542. The molecule has 2 atom stereocenters. The van der Waals surface area contributed by atoms with Crippen molar-refractivity contribution in [2.75, 3.05) is 0 Å². The van der Waals surface area contributed by atoms with E-state index in [1.807, 2.05) is 0 Å². The van der Waals surface area contributed by atoms with Crippen LogP contribution >= 0.6 is 0 Å². The fraction of sp³-hybridized carbons (Fsp3) is 0.733. The normalized spacial score (nSPS) is 35.9. The van der Waals surface area contributed by atoms with Crippen LogP contribution in [0.4, 0.5) is 0 Å². The van der Waals surface area contributed by atoms with Crippen LogP contribution in [0.2, 0.25) is 0 Å². The fourth-order valence-corrected chi connectivity index (χ4v) is 3.52. The summed E-state index contributed by atoms with van der Waals surface area (Å²) in [6.45, 7) is 9.44. The Hall–Kier alpha value is -0.520. The second-order valence-electron chi connectivity index (χ2n) is 5.86. The van der Waals surface area contributed by atoms with E-state index in [0.717, 1.165) is 11.8 Å². The Kier molecular flexibility index (Phi) is 2.79. The van der Waals surface area contributed by atoms with Crippen molar-refractivity contribution >= 4 is 0 Å². The summed E-state index contributed by atoms with van der Waals surface area (Å²) in [5.41, 5.74) is 3.88. The van der Waals surface area contributed by atoms with Gasteiger partial charge in [-0.1, -0.05) is 44.1 Å². The Morgan fingerprint density at radius 3 is 2.60 bits per heavy atom. The van der Waals surface area contributed by atoms with Crippen LogP contribution in [0.15, 0.2) is 23.3 Å². The van der Waals surface area contributed by atoms with Crippen LogP contribution in [0.25, 0.3) is 0 Å². The second-order valence-corrected chi connectivity index (χ2v) is 5.86. The molecule has 0 fully saturated rings. The van der Waals surface area contributed by atoms with Crippen LogP contribution in [0.1, 0.15) is 53.4 Å². The van der Waals surface area contributed by atoms with Crippen LogP contribution in [-0.2, 0) is 0 Å². The Morgan fingerprint density at radius 1 is 1.33 bits per heavy atom. The van der Waals surface area contributed by atoms with Gasteiger partial charge in [-0.3, -0.25) is 0 Å². The van der Waals surface area contributed by atoms with Crippen molar-refractivity contribution in [1.82, 2.24) is 0 Å². The Labute approximate surface area is 94.5 Å². The van der Waals surface area contributed by atoms with Gasteiger partial charge in [-0.05, 0) is 49.9 Å². The summed E-state index contributed by atoms with van der Waals surface area (Å²) in [6.07, 6.45) is 10.3. The summed E-state index contributed by atoms with van der Waals surface area (Å²) in [7, 11) is 0. The third-order valence-electron chi connectivity index (χ3n) is 4.61. The Balaban J connectivity index is 2.29. The Bertz CT molecular complexity index is 306. The first-order chi connectivity index (χ1) is 7.06. The minimum atomic E-state index is 0.535. The average Bonchev–Trinajstić information content (AvgIpc) is 2.50. The largest absolute Gasteiger partial charge is 0.0847 e. The maximum Gasteiger partial charge on any atom is -0.00194 e. The molecular formula is C15H24. The predicted molar refractivity (Wildman–Crippen MR) is 66.7 cm³/mol. The van der Waals surface area contributed by atoms with E-state index < -0.39 is 0 Å². The molecule has 84 valence electrons. The topological polar surface area (TPSA) is 0 Å². The molecule has 0 radical (unpaired) electrons. The van der Waals surface area contributed by atoms with E-state index in [1.54, 1.807) is 11.1 Å². The van der Waals surface area contributed by atoms with Crippen LogP contribution in [0, 0.1) is 17.3 Å². The monoisotopic (exact) mass is 204 g/mol. The summed E-state index contributed by atoms with van der Waals surface area (Å²) in [6, 6.07) is 0. The average molecular weight is 204 g/mol. The molecular weight excluding hydrogens is 180 g/mol. The van der Waals surface area contributed by atoms with Crippen molar-refractivity contribution in [3.05, 3.63) is 23.3 Å². The Morgan fingerprint density at radius 2 is 2.07 bits per heavy atom. The van der Waals surface area contributed by atoms with Gasteiger partial charge in [-0.15, -0.1) is 0 Å². The summed E-state index contributed by atoms with van der Waals surface area (Å²) >= 11 is 0. The highest BCUT2D eigenvalue weighted by Crippen LogP contribution is 2.54. The van der Waals surface area contributed by atoms with Gasteiger partial charge in [0.25, 0.3) is 0 Å². The van der Waals surface area contributed by atoms with Crippen molar-refractivity contribution < 1.29 is 0 Å². The molecule has 0 saturated heterocycles. The van der Waals surface area contributed by atoms with Crippen LogP contribution in [0.3, 0.4) is 0 Å². The summed E-state index contributed by atoms with van der Waals surface area (Å²) in [4.78, 5) is 0. The van der Waals surface area contributed by atoms with Crippen molar-refractivity contribution in [3.63, 3.8) is 0 Å². The van der Waals surface area contributed by atoms with E-state index in [2.05, 4.69) is 39.8 Å². The molecule has 0 unspecified atom stereocenters. The van der Waals surface area contributed by atoms with Crippen LogP contribution < -0.4 is 0 Å². The molecule has 0 saturated carbocycles. The van der Waals surface area contributed by atoms with E-state index >= 15 is 0 Å². The molecule has 0 heteroatoms. The zero-order valence-corrected chi connectivity index (χ0v) is 10.6. The zero-order chi connectivity index (χ0) is 11.1. The molecule has 2 rings (SSSR count). The fourth-order valence-electron chi connectivity index (χ4n) is 3.52. The van der Waals surface area contributed by atoms with Gasteiger partial charge in [0.05, 0.1) is 0 Å². The maximum absolute atomic E-state index is 2.53. The van der Waals surface area contributed by atoms with Gasteiger partial charge in [-0.2, -0.15) is 0 Å². The molecule has 0 bridgehead atoms. The predicted octanol–water partition coefficient (Wildman–Crippen LogP) is 4.73. The van der Waals surface area contributed by atoms with Gasteiger partial charge in [-0.25, -0.2) is 0 Å². The first kappa shape index (κ1) is 11.0.